The molecule has 2 aromatic heterocycles. The van der Waals surface area contributed by atoms with Crippen molar-refractivity contribution in [3.05, 3.63) is 48.0 Å². The van der Waals surface area contributed by atoms with Gasteiger partial charge >= 0.3 is 0 Å². The summed E-state index contributed by atoms with van der Waals surface area (Å²) in [5.74, 6) is 3.27. The molecule has 1 saturated heterocycles. The molecule has 2 aliphatic heterocycles. The molecular weight excluding hydrogens is 400 g/mol. The first-order valence-corrected chi connectivity index (χ1v) is 10.3. The van der Waals surface area contributed by atoms with E-state index < -0.39 is 0 Å². The molecule has 0 amide bonds. The second-order valence-electron chi connectivity index (χ2n) is 7.50. The van der Waals surface area contributed by atoms with Crippen LogP contribution >= 0.6 is 0 Å². The normalized spacial score (nSPS) is 17.9. The minimum absolute atomic E-state index is 0.0888. The third kappa shape index (κ3) is 4.33. The number of fused-ring (bicyclic) bond motifs is 1. The standard InChI is InChI=1S/C22H24N4O5/c1-27-9-10-28-20-12-16(6-7-23-20)21-24-22(31-25-21)17-3-2-8-26(17)13-15-4-5-18-19(11-15)30-14-29-18/h4-7,11-12,17H,2-3,8-10,13-14H2,1H3. The van der Waals surface area contributed by atoms with Crippen LogP contribution < -0.4 is 14.2 Å². The molecule has 9 heteroatoms. The van der Waals surface area contributed by atoms with Crippen molar-refractivity contribution in [1.29, 1.82) is 0 Å². The molecule has 4 heterocycles. The van der Waals surface area contributed by atoms with Crippen LogP contribution in [0.4, 0.5) is 0 Å². The van der Waals surface area contributed by atoms with Gasteiger partial charge in [0.2, 0.25) is 24.4 Å². The van der Waals surface area contributed by atoms with E-state index in [0.717, 1.165) is 43.0 Å². The summed E-state index contributed by atoms with van der Waals surface area (Å²) in [7, 11) is 1.63. The summed E-state index contributed by atoms with van der Waals surface area (Å²) < 4.78 is 27.1. The van der Waals surface area contributed by atoms with Gasteiger partial charge in [-0.15, -0.1) is 0 Å². The predicted molar refractivity (Wildman–Crippen MR) is 110 cm³/mol. The lowest BCUT2D eigenvalue weighted by Crippen LogP contribution is -2.23. The number of pyridine rings is 1. The number of aromatic nitrogens is 3. The Morgan fingerprint density at radius 1 is 1.13 bits per heavy atom. The number of rotatable bonds is 8. The molecule has 1 atom stereocenters. The van der Waals surface area contributed by atoms with Crippen LogP contribution in [-0.4, -0.2) is 53.7 Å². The molecular formula is C22H24N4O5. The van der Waals surface area contributed by atoms with Crippen molar-refractivity contribution in [2.45, 2.75) is 25.4 Å². The maximum Gasteiger partial charge on any atom is 0.244 e. The summed E-state index contributed by atoms with van der Waals surface area (Å²) in [5, 5.41) is 4.20. The van der Waals surface area contributed by atoms with Gasteiger partial charge < -0.3 is 23.5 Å². The van der Waals surface area contributed by atoms with E-state index in [9.17, 15) is 0 Å². The van der Waals surface area contributed by atoms with Crippen LogP contribution in [0.3, 0.4) is 0 Å². The van der Waals surface area contributed by atoms with Crippen molar-refractivity contribution >= 4 is 0 Å². The van der Waals surface area contributed by atoms with Crippen molar-refractivity contribution in [2.75, 3.05) is 33.7 Å². The number of likely N-dealkylation sites (tertiary alicyclic amines) is 1. The SMILES string of the molecule is COCCOc1cc(-c2noc(C3CCCN3Cc3ccc4c(c3)OCO4)n2)ccn1. The van der Waals surface area contributed by atoms with Crippen molar-refractivity contribution in [1.82, 2.24) is 20.0 Å². The first-order chi connectivity index (χ1) is 15.3. The highest BCUT2D eigenvalue weighted by molar-refractivity contribution is 5.55. The summed E-state index contributed by atoms with van der Waals surface area (Å²) in [6, 6.07) is 9.82. The Balaban J connectivity index is 1.29. The van der Waals surface area contributed by atoms with Gasteiger partial charge in [-0.05, 0) is 43.1 Å². The maximum absolute atomic E-state index is 5.65. The summed E-state index contributed by atoms with van der Waals surface area (Å²) in [5.41, 5.74) is 1.97. The van der Waals surface area contributed by atoms with Crippen molar-refractivity contribution < 1.29 is 23.5 Å². The van der Waals surface area contributed by atoms with Gasteiger partial charge in [0.25, 0.3) is 0 Å². The summed E-state index contributed by atoms with van der Waals surface area (Å²) >= 11 is 0. The van der Waals surface area contributed by atoms with Gasteiger partial charge in [-0.2, -0.15) is 4.98 Å². The Labute approximate surface area is 179 Å². The second-order valence-corrected chi connectivity index (χ2v) is 7.50. The number of nitrogens with zero attached hydrogens (tertiary/aromatic N) is 4. The number of hydrogen-bond acceptors (Lipinski definition) is 9. The summed E-state index contributed by atoms with van der Waals surface area (Å²) in [6.07, 6.45) is 3.74. The van der Waals surface area contributed by atoms with Crippen molar-refractivity contribution in [3.63, 3.8) is 0 Å². The van der Waals surface area contributed by atoms with E-state index in [0.29, 0.717) is 30.8 Å². The molecule has 0 saturated carbocycles. The van der Waals surface area contributed by atoms with Gasteiger partial charge in [0, 0.05) is 31.5 Å². The molecule has 1 unspecified atom stereocenters. The van der Waals surface area contributed by atoms with Gasteiger partial charge in [-0.1, -0.05) is 11.2 Å². The molecule has 0 N–H and O–H groups in total. The molecule has 3 aromatic rings. The summed E-state index contributed by atoms with van der Waals surface area (Å²) in [6.45, 7) is 2.97. The zero-order chi connectivity index (χ0) is 21.0. The minimum atomic E-state index is 0.0888. The zero-order valence-electron chi connectivity index (χ0n) is 17.3. The molecule has 162 valence electrons. The fraction of sp³-hybridized carbons (Fsp3) is 0.409. The number of ether oxygens (including phenoxy) is 4. The molecule has 1 aromatic carbocycles. The van der Waals surface area contributed by atoms with Gasteiger partial charge in [-0.3, -0.25) is 4.90 Å². The average molecular weight is 424 g/mol. The maximum atomic E-state index is 5.65. The Morgan fingerprint density at radius 3 is 3.00 bits per heavy atom. The second kappa shape index (κ2) is 8.91. The van der Waals surface area contributed by atoms with E-state index in [2.05, 4.69) is 26.1 Å². The quantitative estimate of drug-likeness (QED) is 0.505. The lowest BCUT2D eigenvalue weighted by molar-refractivity contribution is 0.144. The van der Waals surface area contributed by atoms with Crippen molar-refractivity contribution in [2.24, 2.45) is 0 Å². The Kier molecular flexibility index (Phi) is 5.68. The van der Waals surface area contributed by atoms with E-state index in [-0.39, 0.29) is 12.8 Å². The van der Waals surface area contributed by atoms with Crippen LogP contribution in [0.15, 0.2) is 41.1 Å². The van der Waals surface area contributed by atoms with E-state index in [1.54, 1.807) is 13.3 Å². The lowest BCUT2D eigenvalue weighted by atomic mass is 10.1. The first kappa shape index (κ1) is 19.8. The first-order valence-electron chi connectivity index (χ1n) is 10.3. The average Bonchev–Trinajstić information content (AvgIpc) is 3.54. The van der Waals surface area contributed by atoms with Gasteiger partial charge in [0.1, 0.15) is 6.61 Å². The van der Waals surface area contributed by atoms with E-state index in [1.807, 2.05) is 24.3 Å². The Bertz CT molecular complexity index is 1040. The topological polar surface area (TPSA) is 92.0 Å². The van der Waals surface area contributed by atoms with Crippen LogP contribution in [0.5, 0.6) is 17.4 Å². The van der Waals surface area contributed by atoms with Gasteiger partial charge in [-0.25, -0.2) is 4.98 Å². The van der Waals surface area contributed by atoms with E-state index in [4.69, 9.17) is 23.5 Å². The highest BCUT2D eigenvalue weighted by Gasteiger charge is 2.31. The van der Waals surface area contributed by atoms with E-state index >= 15 is 0 Å². The minimum Gasteiger partial charge on any atom is -0.475 e. The lowest BCUT2D eigenvalue weighted by Gasteiger charge is -2.21. The highest BCUT2D eigenvalue weighted by Crippen LogP contribution is 2.36. The molecule has 0 bridgehead atoms. The van der Waals surface area contributed by atoms with Gasteiger partial charge in [0.15, 0.2) is 11.5 Å². The molecule has 5 rings (SSSR count). The Hall–Kier alpha value is -3.17. The molecule has 2 aliphatic rings. The number of methoxy groups -OCH3 is 1. The monoisotopic (exact) mass is 424 g/mol. The highest BCUT2D eigenvalue weighted by atomic mass is 16.7. The predicted octanol–water partition coefficient (Wildman–Crippen LogP) is 3.22. The van der Waals surface area contributed by atoms with Gasteiger partial charge in [0.05, 0.1) is 12.6 Å². The molecule has 9 nitrogen and oxygen atoms in total. The number of benzene rings is 1. The van der Waals surface area contributed by atoms with Crippen molar-refractivity contribution in [3.8, 4) is 28.8 Å². The molecule has 0 radical (unpaired) electrons. The smallest absolute Gasteiger partial charge is 0.244 e. The van der Waals surface area contributed by atoms with E-state index in [1.165, 1.54) is 5.56 Å². The van der Waals surface area contributed by atoms with Crippen LogP contribution in [0.1, 0.15) is 30.3 Å². The molecule has 0 aliphatic carbocycles. The zero-order valence-corrected chi connectivity index (χ0v) is 17.3. The molecule has 1 fully saturated rings. The number of hydrogen-bond donors (Lipinski definition) is 0. The fourth-order valence-electron chi connectivity index (χ4n) is 3.91. The third-order valence-corrected chi connectivity index (χ3v) is 5.44. The van der Waals surface area contributed by atoms with Crippen LogP contribution in [0.25, 0.3) is 11.4 Å². The molecule has 31 heavy (non-hydrogen) atoms. The largest absolute Gasteiger partial charge is 0.475 e. The fourth-order valence-corrected chi connectivity index (χ4v) is 3.91. The van der Waals surface area contributed by atoms with Crippen LogP contribution in [0.2, 0.25) is 0 Å². The van der Waals surface area contributed by atoms with Crippen LogP contribution in [-0.2, 0) is 11.3 Å². The Morgan fingerprint density at radius 2 is 2.06 bits per heavy atom. The molecule has 0 spiro atoms. The summed E-state index contributed by atoms with van der Waals surface area (Å²) in [4.78, 5) is 11.3. The third-order valence-electron chi connectivity index (χ3n) is 5.44. The van der Waals surface area contributed by atoms with Crippen LogP contribution in [0, 0.1) is 0 Å².